The largest absolute Gasteiger partial charge is 0.382 e. The average Bonchev–Trinajstić information content (AvgIpc) is 2.81. The number of alkyl halides is 1. The molecule has 2 atom stereocenters. The number of halogens is 1. The molecule has 5 heteroatoms. The highest BCUT2D eigenvalue weighted by Crippen LogP contribution is 2.31. The van der Waals surface area contributed by atoms with Crippen molar-refractivity contribution in [2.24, 2.45) is 11.7 Å². The Morgan fingerprint density at radius 2 is 1.91 bits per heavy atom. The van der Waals surface area contributed by atoms with Crippen molar-refractivity contribution in [1.82, 2.24) is 9.78 Å². The summed E-state index contributed by atoms with van der Waals surface area (Å²) in [7, 11) is 0. The number of aromatic nitrogens is 2. The van der Waals surface area contributed by atoms with Gasteiger partial charge in [-0.05, 0) is 51.5 Å². The first-order valence-corrected chi connectivity index (χ1v) is 9.33. The minimum Gasteiger partial charge on any atom is -0.382 e. The summed E-state index contributed by atoms with van der Waals surface area (Å²) in [5.74, 6) is 0.729. The van der Waals surface area contributed by atoms with Crippen LogP contribution in [0.4, 0.5) is 0 Å². The first kappa shape index (κ1) is 18.3. The number of hydrogen-bond acceptors (Lipinski definition) is 2. The van der Waals surface area contributed by atoms with E-state index in [1.807, 2.05) is 17.7 Å². The van der Waals surface area contributed by atoms with E-state index in [0.717, 1.165) is 30.8 Å². The van der Waals surface area contributed by atoms with Gasteiger partial charge in [-0.1, -0.05) is 32.1 Å². The van der Waals surface area contributed by atoms with E-state index in [0.29, 0.717) is 5.92 Å². The van der Waals surface area contributed by atoms with Crippen LogP contribution in [0.15, 0.2) is 6.07 Å². The second-order valence-corrected chi connectivity index (χ2v) is 8.30. The van der Waals surface area contributed by atoms with Crippen LogP contribution >= 0.6 is 11.6 Å². The molecule has 1 aliphatic rings. The van der Waals surface area contributed by atoms with Gasteiger partial charge in [0.15, 0.2) is 0 Å². The third kappa shape index (κ3) is 5.83. The van der Waals surface area contributed by atoms with Gasteiger partial charge in [0.2, 0.25) is 0 Å². The zero-order chi connectivity index (χ0) is 16.9. The van der Waals surface area contributed by atoms with Crippen LogP contribution in [0.5, 0.6) is 0 Å². The molecule has 1 fully saturated rings. The lowest BCUT2D eigenvalue weighted by atomic mass is 9.95. The number of nitrogens with zero attached hydrogens (tertiary/aromatic N) is 2. The molecule has 2 rings (SSSR count). The molecule has 1 saturated carbocycles. The molecule has 0 spiro atoms. The number of nitrogens with two attached hydrogens (primary N) is 1. The van der Waals surface area contributed by atoms with E-state index in [1.54, 1.807) is 0 Å². The molecule has 0 amide bonds. The molecule has 1 aromatic heterocycles. The molecule has 1 heterocycles. The Labute approximate surface area is 145 Å². The summed E-state index contributed by atoms with van der Waals surface area (Å²) in [5, 5.41) is 12.3. The highest BCUT2D eigenvalue weighted by atomic mass is 35.5. The van der Waals surface area contributed by atoms with Gasteiger partial charge < -0.3 is 5.73 Å². The van der Waals surface area contributed by atoms with Crippen LogP contribution in [-0.2, 0) is 6.54 Å². The van der Waals surface area contributed by atoms with Crippen molar-refractivity contribution < 1.29 is 0 Å². The zero-order valence-corrected chi connectivity index (χ0v) is 15.3. The maximum atomic E-state index is 7.72. The number of nitrogens with one attached hydrogen (secondary N) is 1. The summed E-state index contributed by atoms with van der Waals surface area (Å²) in [4.78, 5) is -0.0132. The maximum absolute atomic E-state index is 7.72. The molecule has 2 unspecified atom stereocenters. The monoisotopic (exact) mass is 338 g/mol. The number of nitrogen functional groups attached to an aromatic ring is 1. The second-order valence-electron chi connectivity index (χ2n) is 7.39. The summed E-state index contributed by atoms with van der Waals surface area (Å²) in [6, 6.07) is 1.91. The van der Waals surface area contributed by atoms with Crippen molar-refractivity contribution in [3.8, 4) is 0 Å². The average molecular weight is 339 g/mol. The van der Waals surface area contributed by atoms with Crippen molar-refractivity contribution in [2.75, 3.05) is 0 Å². The summed E-state index contributed by atoms with van der Waals surface area (Å²) in [6.45, 7) is 5.03. The van der Waals surface area contributed by atoms with Crippen LogP contribution in [0.2, 0.25) is 0 Å². The Balaban J connectivity index is 1.99. The van der Waals surface area contributed by atoms with E-state index in [4.69, 9.17) is 22.7 Å². The molecular weight excluding hydrogens is 308 g/mol. The fourth-order valence-corrected chi connectivity index (χ4v) is 3.90. The first-order chi connectivity index (χ1) is 10.9. The number of aryl methyl sites for hydroxylation is 1. The van der Waals surface area contributed by atoms with Gasteiger partial charge in [0.25, 0.3) is 0 Å². The van der Waals surface area contributed by atoms with E-state index in [2.05, 4.69) is 12.0 Å². The van der Waals surface area contributed by atoms with Gasteiger partial charge in [-0.25, -0.2) is 0 Å². The predicted octanol–water partition coefficient (Wildman–Crippen LogP) is 4.61. The standard InChI is InChI=1S/C18H31ClN4/c1-14-12-16(17(20)21)23(22-14)13-15-8-4-3-6-10-18(2,19)11-7-5-9-15/h12,15H,3-11,13H2,1-2H3,(H3,20,21). The minimum absolute atomic E-state index is 0.0132. The molecule has 130 valence electrons. The maximum Gasteiger partial charge on any atom is 0.141 e. The van der Waals surface area contributed by atoms with Crippen LogP contribution in [0.1, 0.15) is 76.1 Å². The number of rotatable bonds is 3. The van der Waals surface area contributed by atoms with Crippen LogP contribution in [0, 0.1) is 18.3 Å². The molecule has 0 saturated heterocycles. The van der Waals surface area contributed by atoms with Crippen molar-refractivity contribution in [3.63, 3.8) is 0 Å². The SMILES string of the molecule is Cc1cc(C(=N)N)n(CC2CCCCCC(C)(Cl)CCCC2)n1. The van der Waals surface area contributed by atoms with Crippen LogP contribution in [0.25, 0.3) is 0 Å². The van der Waals surface area contributed by atoms with E-state index in [-0.39, 0.29) is 10.7 Å². The first-order valence-electron chi connectivity index (χ1n) is 8.95. The van der Waals surface area contributed by atoms with E-state index in [1.165, 1.54) is 44.9 Å². The molecule has 3 N–H and O–H groups in total. The minimum atomic E-state index is -0.0132. The lowest BCUT2D eigenvalue weighted by molar-refractivity contribution is 0.346. The van der Waals surface area contributed by atoms with Gasteiger partial charge in [0.05, 0.1) is 5.69 Å². The summed E-state index contributed by atoms with van der Waals surface area (Å²) in [6.07, 6.45) is 10.9. The Bertz CT molecular complexity index is 521. The molecule has 4 nitrogen and oxygen atoms in total. The molecular formula is C18H31ClN4. The van der Waals surface area contributed by atoms with Gasteiger partial charge in [0.1, 0.15) is 11.5 Å². The molecule has 0 radical (unpaired) electrons. The van der Waals surface area contributed by atoms with Crippen LogP contribution < -0.4 is 5.73 Å². The highest BCUT2D eigenvalue weighted by Gasteiger charge is 2.21. The van der Waals surface area contributed by atoms with Crippen molar-refractivity contribution in [2.45, 2.75) is 83.1 Å². The molecule has 23 heavy (non-hydrogen) atoms. The Hall–Kier alpha value is -1.03. The van der Waals surface area contributed by atoms with Gasteiger partial charge in [0, 0.05) is 11.4 Å². The van der Waals surface area contributed by atoms with Gasteiger partial charge >= 0.3 is 0 Å². The summed E-state index contributed by atoms with van der Waals surface area (Å²) < 4.78 is 1.94. The Kier molecular flexibility index (Phi) is 6.51. The van der Waals surface area contributed by atoms with Gasteiger partial charge in [-0.3, -0.25) is 10.1 Å². The van der Waals surface area contributed by atoms with E-state index in [9.17, 15) is 0 Å². The molecule has 0 bridgehead atoms. The number of hydrogen-bond donors (Lipinski definition) is 2. The second kappa shape index (κ2) is 8.18. The van der Waals surface area contributed by atoms with E-state index < -0.39 is 0 Å². The molecule has 0 aromatic carbocycles. The van der Waals surface area contributed by atoms with Crippen molar-refractivity contribution >= 4 is 17.4 Å². The van der Waals surface area contributed by atoms with Crippen LogP contribution in [0.3, 0.4) is 0 Å². The third-order valence-electron chi connectivity index (χ3n) is 4.98. The summed E-state index contributed by atoms with van der Waals surface area (Å²) in [5.41, 5.74) is 7.38. The normalized spacial score (nSPS) is 27.3. The fourth-order valence-electron chi connectivity index (χ4n) is 3.63. The third-order valence-corrected chi connectivity index (χ3v) is 5.36. The zero-order valence-electron chi connectivity index (χ0n) is 14.6. The Morgan fingerprint density at radius 3 is 2.57 bits per heavy atom. The highest BCUT2D eigenvalue weighted by molar-refractivity contribution is 6.23. The lowest BCUT2D eigenvalue weighted by Crippen LogP contribution is -2.21. The molecule has 0 aliphatic heterocycles. The van der Waals surface area contributed by atoms with Crippen molar-refractivity contribution in [1.29, 1.82) is 5.41 Å². The molecule has 1 aromatic rings. The van der Waals surface area contributed by atoms with Crippen LogP contribution in [-0.4, -0.2) is 20.5 Å². The summed E-state index contributed by atoms with van der Waals surface area (Å²) >= 11 is 6.60. The van der Waals surface area contributed by atoms with Gasteiger partial charge in [-0.2, -0.15) is 5.10 Å². The smallest absolute Gasteiger partial charge is 0.141 e. The van der Waals surface area contributed by atoms with Gasteiger partial charge in [-0.15, -0.1) is 11.6 Å². The Morgan fingerprint density at radius 1 is 1.30 bits per heavy atom. The quantitative estimate of drug-likeness (QED) is 0.480. The molecule has 1 aliphatic carbocycles. The number of amidine groups is 1. The predicted molar refractivity (Wildman–Crippen MR) is 97.3 cm³/mol. The fraction of sp³-hybridized carbons (Fsp3) is 0.778. The van der Waals surface area contributed by atoms with E-state index >= 15 is 0 Å². The lowest BCUT2D eigenvalue weighted by Gasteiger charge is -2.21. The van der Waals surface area contributed by atoms with Crippen molar-refractivity contribution in [3.05, 3.63) is 17.5 Å². The topological polar surface area (TPSA) is 67.7 Å².